The van der Waals surface area contributed by atoms with E-state index in [-0.39, 0.29) is 36.0 Å². The molecule has 0 unspecified atom stereocenters. The Morgan fingerprint density at radius 2 is 2.14 bits per heavy atom. The summed E-state index contributed by atoms with van der Waals surface area (Å²) in [7, 11) is 0. The third-order valence-electron chi connectivity index (χ3n) is 1.68. The number of carbonyl (C=O) groups is 1. The molecule has 0 saturated carbocycles. The van der Waals surface area contributed by atoms with Crippen molar-refractivity contribution in [2.24, 2.45) is 0 Å². The van der Waals surface area contributed by atoms with E-state index in [1.807, 2.05) is 12.3 Å². The first-order chi connectivity index (χ1) is 6.27. The molecule has 14 heavy (non-hydrogen) atoms. The van der Waals surface area contributed by atoms with E-state index >= 15 is 0 Å². The minimum absolute atomic E-state index is 0. The zero-order chi connectivity index (χ0) is 9.94. The molecule has 0 aromatic heterocycles. The van der Waals surface area contributed by atoms with Crippen molar-refractivity contribution in [1.29, 1.82) is 0 Å². The van der Waals surface area contributed by atoms with Crippen LogP contribution in [0.5, 0.6) is 0 Å². The Morgan fingerprint density at radius 1 is 1.43 bits per heavy atom. The van der Waals surface area contributed by atoms with Crippen LogP contribution in [0, 0.1) is 0 Å². The van der Waals surface area contributed by atoms with Crippen LogP contribution in [0.4, 0.5) is 0 Å². The quantitative estimate of drug-likeness (QED) is 0.363. The number of carboxylic acid groups (broad SMARTS) is 1. The van der Waals surface area contributed by atoms with Crippen molar-refractivity contribution in [3.05, 3.63) is 12.3 Å². The van der Waals surface area contributed by atoms with Crippen molar-refractivity contribution in [2.45, 2.75) is 39.0 Å². The fourth-order valence-corrected chi connectivity index (χ4v) is 0.936. The van der Waals surface area contributed by atoms with Crippen molar-refractivity contribution >= 4 is 5.97 Å². The second-order valence-electron chi connectivity index (χ2n) is 2.97. The summed E-state index contributed by atoms with van der Waals surface area (Å²) in [6, 6.07) is 0. The van der Waals surface area contributed by atoms with Gasteiger partial charge in [0.05, 0.1) is 0 Å². The SMILES string of the molecule is CCCCCC=CNCCC(=O)[O-].[Na+]. The Kier molecular flexibility index (Phi) is 15.3. The molecule has 0 amide bonds. The van der Waals surface area contributed by atoms with Gasteiger partial charge in [0.15, 0.2) is 0 Å². The number of allylic oxidation sites excluding steroid dienone is 1. The van der Waals surface area contributed by atoms with Crippen LogP contribution >= 0.6 is 0 Å². The van der Waals surface area contributed by atoms with Crippen LogP contribution in [0.3, 0.4) is 0 Å². The van der Waals surface area contributed by atoms with Crippen LogP contribution in [0.2, 0.25) is 0 Å². The molecule has 0 aliphatic heterocycles. The number of hydrogen-bond acceptors (Lipinski definition) is 3. The molecule has 0 aliphatic carbocycles. The van der Waals surface area contributed by atoms with Crippen LogP contribution in [-0.2, 0) is 4.79 Å². The van der Waals surface area contributed by atoms with E-state index < -0.39 is 5.97 Å². The molecule has 0 saturated heterocycles. The van der Waals surface area contributed by atoms with Gasteiger partial charge in [-0.2, -0.15) is 0 Å². The minimum Gasteiger partial charge on any atom is -0.550 e. The first-order valence-corrected chi connectivity index (χ1v) is 4.85. The molecule has 1 N–H and O–H groups in total. The van der Waals surface area contributed by atoms with Crippen LogP contribution in [0.25, 0.3) is 0 Å². The molecule has 4 heteroatoms. The fourth-order valence-electron chi connectivity index (χ4n) is 0.936. The zero-order valence-corrected chi connectivity index (χ0v) is 11.2. The average Bonchev–Trinajstić information content (AvgIpc) is 2.09. The average molecular weight is 207 g/mol. The molecular formula is C10H18NNaO2. The van der Waals surface area contributed by atoms with Crippen molar-refractivity contribution in [2.75, 3.05) is 6.54 Å². The predicted octanol–water partition coefficient (Wildman–Crippen LogP) is -2.19. The van der Waals surface area contributed by atoms with Gasteiger partial charge in [0, 0.05) is 18.9 Å². The van der Waals surface area contributed by atoms with Gasteiger partial charge in [-0.05, 0) is 19.0 Å². The van der Waals surface area contributed by atoms with Gasteiger partial charge in [-0.15, -0.1) is 0 Å². The summed E-state index contributed by atoms with van der Waals surface area (Å²) in [5.41, 5.74) is 0. The van der Waals surface area contributed by atoms with E-state index in [9.17, 15) is 9.90 Å². The summed E-state index contributed by atoms with van der Waals surface area (Å²) in [6.07, 6.45) is 8.67. The molecule has 3 nitrogen and oxygen atoms in total. The molecule has 0 heterocycles. The monoisotopic (exact) mass is 207 g/mol. The van der Waals surface area contributed by atoms with Crippen molar-refractivity contribution in [3.8, 4) is 0 Å². The van der Waals surface area contributed by atoms with Crippen LogP contribution in [0.15, 0.2) is 12.3 Å². The Labute approximate surface area is 108 Å². The molecule has 76 valence electrons. The third-order valence-corrected chi connectivity index (χ3v) is 1.68. The molecule has 0 bridgehead atoms. The smallest absolute Gasteiger partial charge is 0.550 e. The summed E-state index contributed by atoms with van der Waals surface area (Å²) < 4.78 is 0. The third kappa shape index (κ3) is 14.5. The van der Waals surface area contributed by atoms with Gasteiger partial charge in [-0.1, -0.05) is 25.8 Å². The maximum absolute atomic E-state index is 10.00. The molecule has 0 aromatic rings. The van der Waals surface area contributed by atoms with Gasteiger partial charge >= 0.3 is 29.6 Å². The van der Waals surface area contributed by atoms with Crippen molar-refractivity contribution < 1.29 is 39.5 Å². The number of unbranched alkanes of at least 4 members (excludes halogenated alkanes) is 3. The minimum atomic E-state index is -1.01. The van der Waals surface area contributed by atoms with Gasteiger partial charge in [-0.3, -0.25) is 0 Å². The maximum atomic E-state index is 10.00. The molecule has 0 spiro atoms. The summed E-state index contributed by atoms with van der Waals surface area (Å²) in [5.74, 6) is -1.01. The van der Waals surface area contributed by atoms with E-state index in [0.717, 1.165) is 6.42 Å². The number of carbonyl (C=O) groups excluding carboxylic acids is 1. The number of hydrogen-bond donors (Lipinski definition) is 1. The molecule has 0 radical (unpaired) electrons. The largest absolute Gasteiger partial charge is 1.00 e. The summed E-state index contributed by atoms with van der Waals surface area (Å²) >= 11 is 0. The molecular weight excluding hydrogens is 189 g/mol. The Bertz CT molecular complexity index is 160. The molecule has 0 atom stereocenters. The van der Waals surface area contributed by atoms with Crippen LogP contribution in [-0.4, -0.2) is 12.5 Å². The standard InChI is InChI=1S/C10H19NO2.Na/c1-2-3-4-5-6-8-11-9-7-10(12)13;/h6,8,11H,2-5,7,9H2,1H3,(H,12,13);/q;+1/p-1. The Hall–Kier alpha value is 0.0100. The molecule has 0 rings (SSSR count). The van der Waals surface area contributed by atoms with Crippen molar-refractivity contribution in [3.63, 3.8) is 0 Å². The van der Waals surface area contributed by atoms with Crippen molar-refractivity contribution in [1.82, 2.24) is 5.32 Å². The second-order valence-corrected chi connectivity index (χ2v) is 2.97. The van der Waals surface area contributed by atoms with Crippen LogP contribution in [0.1, 0.15) is 39.0 Å². The first-order valence-electron chi connectivity index (χ1n) is 4.85. The summed E-state index contributed by atoms with van der Waals surface area (Å²) in [5, 5.41) is 12.9. The maximum Gasteiger partial charge on any atom is 1.00 e. The van der Waals surface area contributed by atoms with E-state index in [1.165, 1.54) is 19.3 Å². The Morgan fingerprint density at radius 3 is 2.71 bits per heavy atom. The van der Waals surface area contributed by atoms with E-state index in [0.29, 0.717) is 6.54 Å². The van der Waals surface area contributed by atoms with Gasteiger partial charge in [0.1, 0.15) is 0 Å². The van der Waals surface area contributed by atoms with Gasteiger partial charge in [0.2, 0.25) is 0 Å². The van der Waals surface area contributed by atoms with Crippen LogP contribution < -0.4 is 40.0 Å². The Balaban J connectivity index is 0. The second kappa shape index (κ2) is 13.0. The topological polar surface area (TPSA) is 52.2 Å². The van der Waals surface area contributed by atoms with E-state index in [4.69, 9.17) is 0 Å². The van der Waals surface area contributed by atoms with E-state index in [1.54, 1.807) is 0 Å². The molecule has 0 fully saturated rings. The summed E-state index contributed by atoms with van der Waals surface area (Å²) in [4.78, 5) is 10.00. The van der Waals surface area contributed by atoms with E-state index in [2.05, 4.69) is 12.2 Å². The first kappa shape index (κ1) is 16.4. The predicted molar refractivity (Wildman–Crippen MR) is 50.9 cm³/mol. The zero-order valence-electron chi connectivity index (χ0n) is 9.21. The number of carboxylic acids is 1. The number of nitrogens with one attached hydrogen (secondary N) is 1. The molecule has 0 aromatic carbocycles. The van der Waals surface area contributed by atoms with Gasteiger partial charge < -0.3 is 15.2 Å². The summed E-state index contributed by atoms with van der Waals surface area (Å²) in [6.45, 7) is 2.62. The fraction of sp³-hybridized carbons (Fsp3) is 0.700. The number of aliphatic carboxylic acids is 1. The van der Waals surface area contributed by atoms with Gasteiger partial charge in [0.25, 0.3) is 0 Å². The normalized spacial score (nSPS) is 9.79. The van der Waals surface area contributed by atoms with Gasteiger partial charge in [-0.25, -0.2) is 0 Å². The number of rotatable bonds is 8. The molecule has 0 aliphatic rings.